The Labute approximate surface area is 97.5 Å². The Hall–Kier alpha value is -1.27. The Kier molecular flexibility index (Phi) is 8.17. The number of hydrogen-bond acceptors (Lipinski definition) is 3. The predicted molar refractivity (Wildman–Crippen MR) is 60.2 cm³/mol. The van der Waals surface area contributed by atoms with Crippen LogP contribution in [0.25, 0.3) is 10.9 Å². The molecule has 0 aliphatic heterocycles. The third-order valence-corrected chi connectivity index (χ3v) is 1.35. The quantitative estimate of drug-likeness (QED) is 0.449. The molecule has 0 spiro atoms. The largest absolute Gasteiger partial charge is 0.692 e. The fourth-order valence-corrected chi connectivity index (χ4v) is 0.892. The molecule has 0 aliphatic carbocycles. The second kappa shape index (κ2) is 8.83. The van der Waals surface area contributed by atoms with Crippen molar-refractivity contribution in [1.29, 1.82) is 0 Å². The number of rotatable bonds is 0. The molecule has 2 aromatic rings. The SMILES string of the molecule is O=[P+](O)O.O=[P+](O)O.c1cc2[nH]ccc2cn1. The highest BCUT2D eigenvalue weighted by Gasteiger charge is 1.93. The van der Waals surface area contributed by atoms with Crippen molar-refractivity contribution in [2.45, 2.75) is 0 Å². The van der Waals surface area contributed by atoms with E-state index in [1.54, 1.807) is 6.20 Å². The molecule has 0 aromatic carbocycles. The van der Waals surface area contributed by atoms with E-state index in [4.69, 9.17) is 28.7 Å². The van der Waals surface area contributed by atoms with Crippen LogP contribution in [0.5, 0.6) is 0 Å². The van der Waals surface area contributed by atoms with Crippen LogP contribution in [0.3, 0.4) is 0 Å². The first-order valence-electron chi connectivity index (χ1n) is 4.00. The molecule has 2 heterocycles. The minimum atomic E-state index is -2.87. The Bertz CT molecular complexity index is 438. The standard InChI is InChI=1S/C7H6N2.2HO3P/c1-4-9-7-2-3-8-5-6(1)7;2*1-4(2)3/h1-5,9H;2*(H-,1,2,3)/p+2. The molecule has 0 aliphatic rings. The molecule has 10 heteroatoms. The van der Waals surface area contributed by atoms with Crippen molar-refractivity contribution >= 4 is 27.4 Å². The van der Waals surface area contributed by atoms with Crippen LogP contribution in [-0.2, 0) is 9.13 Å². The summed E-state index contributed by atoms with van der Waals surface area (Å²) < 4.78 is 17.4. The lowest BCUT2D eigenvalue weighted by Crippen LogP contribution is -1.67. The third-order valence-electron chi connectivity index (χ3n) is 1.35. The monoisotopic (exact) mass is 280 g/mol. The molecular weight excluding hydrogens is 270 g/mol. The molecule has 0 saturated carbocycles. The molecular formula is C7H10N2O6P2+2. The molecule has 17 heavy (non-hydrogen) atoms. The second-order valence-electron chi connectivity index (χ2n) is 2.45. The Balaban J connectivity index is 0.000000274. The summed E-state index contributed by atoms with van der Waals surface area (Å²) in [6.45, 7) is 0. The maximum atomic E-state index is 8.70. The van der Waals surface area contributed by atoms with E-state index in [1.165, 1.54) is 0 Å². The van der Waals surface area contributed by atoms with Crippen LogP contribution in [0.4, 0.5) is 0 Å². The van der Waals surface area contributed by atoms with Gasteiger partial charge in [0, 0.05) is 38.6 Å². The minimum absolute atomic E-state index is 1.14. The van der Waals surface area contributed by atoms with Gasteiger partial charge in [-0.05, 0) is 12.1 Å². The highest BCUT2D eigenvalue weighted by atomic mass is 31.1. The molecule has 2 aromatic heterocycles. The van der Waals surface area contributed by atoms with Crippen LogP contribution < -0.4 is 0 Å². The van der Waals surface area contributed by atoms with Gasteiger partial charge in [0.2, 0.25) is 0 Å². The normalized spacial score (nSPS) is 8.47. The smallest absolute Gasteiger partial charge is 0.361 e. The first-order valence-corrected chi connectivity index (χ1v) is 6.33. The highest BCUT2D eigenvalue weighted by molar-refractivity contribution is 7.31. The number of H-pyrrole nitrogens is 1. The van der Waals surface area contributed by atoms with Gasteiger partial charge in [0.1, 0.15) is 0 Å². The second-order valence-corrected chi connectivity index (χ2v) is 3.46. The number of pyridine rings is 1. The molecule has 92 valence electrons. The van der Waals surface area contributed by atoms with Gasteiger partial charge in [0.05, 0.1) is 0 Å². The van der Waals surface area contributed by atoms with E-state index in [0.29, 0.717) is 0 Å². The highest BCUT2D eigenvalue weighted by Crippen LogP contribution is 2.07. The van der Waals surface area contributed by atoms with Gasteiger partial charge >= 0.3 is 16.5 Å². The van der Waals surface area contributed by atoms with Crippen LogP contribution in [-0.4, -0.2) is 29.5 Å². The number of aromatic amines is 1. The van der Waals surface area contributed by atoms with Gasteiger partial charge in [-0.15, -0.1) is 19.6 Å². The summed E-state index contributed by atoms with van der Waals surface area (Å²) in [6, 6.07) is 3.96. The Morgan fingerprint density at radius 2 is 1.59 bits per heavy atom. The maximum absolute atomic E-state index is 8.70. The van der Waals surface area contributed by atoms with E-state index >= 15 is 0 Å². The summed E-state index contributed by atoms with van der Waals surface area (Å²) in [5, 5.41) is 1.16. The lowest BCUT2D eigenvalue weighted by molar-refractivity contribution is 0.403. The first kappa shape index (κ1) is 15.7. The summed E-state index contributed by atoms with van der Waals surface area (Å²) in [7, 11) is -5.74. The lowest BCUT2D eigenvalue weighted by atomic mass is 10.3. The van der Waals surface area contributed by atoms with E-state index in [9.17, 15) is 0 Å². The third kappa shape index (κ3) is 9.65. The molecule has 0 radical (unpaired) electrons. The maximum Gasteiger partial charge on any atom is 0.692 e. The molecule has 0 amide bonds. The van der Waals surface area contributed by atoms with Crippen LogP contribution in [0.2, 0.25) is 0 Å². The average molecular weight is 280 g/mol. The van der Waals surface area contributed by atoms with E-state index in [0.717, 1.165) is 10.9 Å². The van der Waals surface area contributed by atoms with Gasteiger partial charge in [-0.1, -0.05) is 0 Å². The number of fused-ring (bicyclic) bond motifs is 1. The summed E-state index contributed by atoms with van der Waals surface area (Å²) in [4.78, 5) is 35.5. The van der Waals surface area contributed by atoms with Gasteiger partial charge < -0.3 is 4.98 Å². The van der Waals surface area contributed by atoms with E-state index < -0.39 is 16.5 Å². The van der Waals surface area contributed by atoms with E-state index in [1.807, 2.05) is 24.5 Å². The summed E-state index contributed by atoms with van der Waals surface area (Å²) >= 11 is 0. The molecule has 0 saturated heterocycles. The van der Waals surface area contributed by atoms with Crippen molar-refractivity contribution in [1.82, 2.24) is 9.97 Å². The van der Waals surface area contributed by atoms with Crippen molar-refractivity contribution in [3.8, 4) is 0 Å². The van der Waals surface area contributed by atoms with Gasteiger partial charge in [0.15, 0.2) is 0 Å². The molecule has 0 atom stereocenters. The topological polar surface area (TPSA) is 144 Å². The van der Waals surface area contributed by atoms with Crippen molar-refractivity contribution in [3.63, 3.8) is 0 Å². The van der Waals surface area contributed by atoms with Crippen LogP contribution >= 0.6 is 16.5 Å². The van der Waals surface area contributed by atoms with E-state index in [2.05, 4.69) is 9.97 Å². The van der Waals surface area contributed by atoms with Gasteiger partial charge in [-0.2, -0.15) is 0 Å². The summed E-state index contributed by atoms with van der Waals surface area (Å²) in [5.74, 6) is 0. The average Bonchev–Trinajstić information content (AvgIpc) is 2.62. The lowest BCUT2D eigenvalue weighted by Gasteiger charge is -1.82. The first-order chi connectivity index (χ1) is 7.93. The van der Waals surface area contributed by atoms with Crippen LogP contribution in [0, 0.1) is 0 Å². The summed E-state index contributed by atoms with van der Waals surface area (Å²) in [6.07, 6.45) is 5.52. The number of aromatic nitrogens is 2. The number of hydrogen-bond donors (Lipinski definition) is 5. The van der Waals surface area contributed by atoms with Gasteiger partial charge in [-0.25, -0.2) is 0 Å². The van der Waals surface area contributed by atoms with Crippen molar-refractivity contribution < 1.29 is 28.7 Å². The molecule has 0 fully saturated rings. The van der Waals surface area contributed by atoms with Crippen LogP contribution in [0.1, 0.15) is 0 Å². The minimum Gasteiger partial charge on any atom is -0.361 e. The molecule has 0 bridgehead atoms. The van der Waals surface area contributed by atoms with Gasteiger partial charge in [-0.3, -0.25) is 4.98 Å². The molecule has 5 N–H and O–H groups in total. The van der Waals surface area contributed by atoms with Crippen molar-refractivity contribution in [3.05, 3.63) is 30.7 Å². The number of nitrogens with zero attached hydrogens (tertiary/aromatic N) is 1. The Morgan fingerprint density at radius 1 is 1.06 bits per heavy atom. The zero-order chi connectivity index (χ0) is 13.3. The van der Waals surface area contributed by atoms with Crippen molar-refractivity contribution in [2.75, 3.05) is 0 Å². The summed E-state index contributed by atoms with van der Waals surface area (Å²) in [5.41, 5.74) is 1.14. The Morgan fingerprint density at radius 3 is 2.06 bits per heavy atom. The zero-order valence-electron chi connectivity index (χ0n) is 8.33. The fourth-order valence-electron chi connectivity index (χ4n) is 0.892. The predicted octanol–water partition coefficient (Wildman–Crippen LogP) is 0.820. The van der Waals surface area contributed by atoms with Crippen molar-refractivity contribution in [2.24, 2.45) is 0 Å². The molecule has 0 unspecified atom stereocenters. The van der Waals surface area contributed by atoms with E-state index in [-0.39, 0.29) is 0 Å². The molecule has 2 rings (SSSR count). The van der Waals surface area contributed by atoms with Gasteiger partial charge in [0.25, 0.3) is 0 Å². The number of nitrogens with one attached hydrogen (secondary N) is 1. The zero-order valence-corrected chi connectivity index (χ0v) is 10.1. The molecule has 8 nitrogen and oxygen atoms in total. The van der Waals surface area contributed by atoms with Crippen LogP contribution in [0.15, 0.2) is 30.7 Å². The fraction of sp³-hybridized carbons (Fsp3) is 0.